The van der Waals surface area contributed by atoms with E-state index in [4.69, 9.17) is 5.73 Å². The Morgan fingerprint density at radius 3 is 2.52 bits per heavy atom. The Kier molecular flexibility index (Phi) is 6.87. The summed E-state index contributed by atoms with van der Waals surface area (Å²) in [5.74, 6) is -1.07. The molecule has 1 atom stereocenters. The lowest BCUT2D eigenvalue weighted by molar-refractivity contribution is -0.388. The van der Waals surface area contributed by atoms with Gasteiger partial charge in [0.25, 0.3) is 15.7 Å². The first-order valence-electron chi connectivity index (χ1n) is 7.02. The minimum Gasteiger partial charge on any atom is -0.329 e. The number of sulfonamides is 1. The van der Waals surface area contributed by atoms with Crippen LogP contribution >= 0.6 is 12.4 Å². The molecule has 0 heterocycles. The molecule has 130 valence electrons. The van der Waals surface area contributed by atoms with Crippen molar-refractivity contribution in [3.63, 3.8) is 0 Å². The fourth-order valence-corrected chi connectivity index (χ4v) is 4.41. The summed E-state index contributed by atoms with van der Waals surface area (Å²) in [7, 11) is -4.36. The number of halogens is 2. The smallest absolute Gasteiger partial charge is 0.292 e. The molecule has 0 bridgehead atoms. The molecular weight excluding hydrogens is 349 g/mol. The van der Waals surface area contributed by atoms with Gasteiger partial charge in [0, 0.05) is 18.7 Å². The predicted octanol–water partition coefficient (Wildman–Crippen LogP) is 1.95. The molecule has 1 fully saturated rings. The molecular formula is C13H19ClFN3O4S. The monoisotopic (exact) mass is 367 g/mol. The van der Waals surface area contributed by atoms with E-state index in [1.165, 1.54) is 0 Å². The Labute approximate surface area is 140 Å². The molecule has 1 aliphatic carbocycles. The Morgan fingerprint density at radius 2 is 2.00 bits per heavy atom. The van der Waals surface area contributed by atoms with Gasteiger partial charge < -0.3 is 5.73 Å². The number of nitrogens with zero attached hydrogens (tertiary/aromatic N) is 1. The second-order valence-electron chi connectivity index (χ2n) is 5.35. The van der Waals surface area contributed by atoms with E-state index in [1.807, 2.05) is 0 Å². The molecule has 0 amide bonds. The van der Waals surface area contributed by atoms with Gasteiger partial charge in [0.05, 0.1) is 4.92 Å². The highest BCUT2D eigenvalue weighted by Crippen LogP contribution is 2.30. The topological polar surface area (TPSA) is 115 Å². The van der Waals surface area contributed by atoms with Crippen molar-refractivity contribution in [2.75, 3.05) is 6.54 Å². The summed E-state index contributed by atoms with van der Waals surface area (Å²) in [5, 5.41) is 11.0. The van der Waals surface area contributed by atoms with E-state index in [2.05, 4.69) is 4.72 Å². The lowest BCUT2D eigenvalue weighted by atomic mass is 9.99. The van der Waals surface area contributed by atoms with Crippen molar-refractivity contribution in [3.8, 4) is 0 Å². The SMILES string of the molecule is Cl.NCC(NS(=O)(=O)c1c(F)cccc1[N+](=O)[O-])C1CCCC1. The first-order chi connectivity index (χ1) is 10.4. The van der Waals surface area contributed by atoms with E-state index in [0.717, 1.165) is 43.9 Å². The van der Waals surface area contributed by atoms with Gasteiger partial charge in [-0.2, -0.15) is 0 Å². The van der Waals surface area contributed by atoms with Crippen LogP contribution in [0.3, 0.4) is 0 Å². The Bertz CT molecular complexity index is 665. The number of hydrogen-bond donors (Lipinski definition) is 2. The zero-order valence-corrected chi connectivity index (χ0v) is 13.9. The third kappa shape index (κ3) is 4.37. The number of nitro groups is 1. The first-order valence-corrected chi connectivity index (χ1v) is 8.50. The molecule has 1 aromatic rings. The van der Waals surface area contributed by atoms with Crippen LogP contribution in [0.15, 0.2) is 23.1 Å². The van der Waals surface area contributed by atoms with Crippen LogP contribution in [0, 0.1) is 21.8 Å². The van der Waals surface area contributed by atoms with Crippen LogP contribution in [0.1, 0.15) is 25.7 Å². The van der Waals surface area contributed by atoms with Gasteiger partial charge in [-0.05, 0) is 24.8 Å². The van der Waals surface area contributed by atoms with Crippen LogP contribution in [-0.4, -0.2) is 25.9 Å². The summed E-state index contributed by atoms with van der Waals surface area (Å²) in [5.41, 5.74) is 4.84. The number of nitrogens with two attached hydrogens (primary N) is 1. The second-order valence-corrected chi connectivity index (χ2v) is 7.00. The molecule has 2 rings (SSSR count). The van der Waals surface area contributed by atoms with Crippen molar-refractivity contribution in [2.45, 2.75) is 36.6 Å². The van der Waals surface area contributed by atoms with Gasteiger partial charge in [-0.1, -0.05) is 18.9 Å². The summed E-state index contributed by atoms with van der Waals surface area (Å²) in [6, 6.07) is 2.40. The van der Waals surface area contributed by atoms with Crippen LogP contribution in [0.2, 0.25) is 0 Å². The average Bonchev–Trinajstić information content (AvgIpc) is 2.98. The van der Waals surface area contributed by atoms with Crippen molar-refractivity contribution < 1.29 is 17.7 Å². The van der Waals surface area contributed by atoms with E-state index >= 15 is 0 Å². The molecule has 1 aromatic carbocycles. The highest BCUT2D eigenvalue weighted by Gasteiger charge is 2.34. The lowest BCUT2D eigenvalue weighted by Crippen LogP contribution is -2.44. The van der Waals surface area contributed by atoms with Crippen molar-refractivity contribution in [2.24, 2.45) is 11.7 Å². The largest absolute Gasteiger partial charge is 0.329 e. The van der Waals surface area contributed by atoms with Gasteiger partial charge >= 0.3 is 0 Å². The van der Waals surface area contributed by atoms with Gasteiger partial charge in [-0.15, -0.1) is 12.4 Å². The number of hydrogen-bond acceptors (Lipinski definition) is 5. The van der Waals surface area contributed by atoms with E-state index in [0.29, 0.717) is 0 Å². The van der Waals surface area contributed by atoms with Crippen molar-refractivity contribution in [1.82, 2.24) is 4.72 Å². The maximum atomic E-state index is 13.9. The van der Waals surface area contributed by atoms with Crippen LogP contribution in [0.5, 0.6) is 0 Å². The summed E-state index contributed by atoms with van der Waals surface area (Å²) in [6.07, 6.45) is 3.65. The zero-order valence-electron chi connectivity index (χ0n) is 12.3. The highest BCUT2D eigenvalue weighted by molar-refractivity contribution is 7.89. The van der Waals surface area contributed by atoms with E-state index < -0.39 is 37.4 Å². The molecule has 23 heavy (non-hydrogen) atoms. The normalized spacial score (nSPS) is 16.8. The van der Waals surface area contributed by atoms with Crippen molar-refractivity contribution in [3.05, 3.63) is 34.1 Å². The minimum atomic E-state index is -4.36. The summed E-state index contributed by atoms with van der Waals surface area (Å²) in [6.45, 7) is 0.0617. The molecule has 0 aromatic heterocycles. The fourth-order valence-electron chi connectivity index (χ4n) is 2.86. The Morgan fingerprint density at radius 1 is 1.39 bits per heavy atom. The van der Waals surface area contributed by atoms with E-state index in [1.54, 1.807) is 0 Å². The molecule has 0 radical (unpaired) electrons. The first kappa shape index (κ1) is 19.8. The molecule has 1 saturated carbocycles. The summed E-state index contributed by atoms with van der Waals surface area (Å²) < 4.78 is 41.0. The van der Waals surface area contributed by atoms with Crippen LogP contribution < -0.4 is 10.5 Å². The van der Waals surface area contributed by atoms with Crippen LogP contribution in [0.4, 0.5) is 10.1 Å². The molecule has 0 aliphatic heterocycles. The summed E-state index contributed by atoms with van der Waals surface area (Å²) in [4.78, 5) is 9.11. The quantitative estimate of drug-likeness (QED) is 0.589. The number of benzene rings is 1. The molecule has 0 spiro atoms. The van der Waals surface area contributed by atoms with Crippen molar-refractivity contribution >= 4 is 28.1 Å². The predicted molar refractivity (Wildman–Crippen MR) is 85.4 cm³/mol. The van der Waals surface area contributed by atoms with Crippen LogP contribution in [0.25, 0.3) is 0 Å². The maximum Gasteiger partial charge on any atom is 0.292 e. The third-order valence-electron chi connectivity index (χ3n) is 3.94. The Hall–Kier alpha value is -1.29. The standard InChI is InChI=1S/C13H18FN3O4S.ClH/c14-10-6-3-7-12(17(18)19)13(10)22(20,21)16-11(8-15)9-4-1-2-5-9;/h3,6-7,9,11,16H,1-2,4-5,8,15H2;1H. The molecule has 3 N–H and O–H groups in total. The van der Waals surface area contributed by atoms with Crippen LogP contribution in [-0.2, 0) is 10.0 Å². The number of nitrogens with one attached hydrogen (secondary N) is 1. The maximum absolute atomic E-state index is 13.9. The summed E-state index contributed by atoms with van der Waals surface area (Å²) >= 11 is 0. The van der Waals surface area contributed by atoms with E-state index in [9.17, 15) is 22.9 Å². The van der Waals surface area contributed by atoms with Gasteiger partial charge in [-0.3, -0.25) is 10.1 Å². The number of rotatable bonds is 6. The van der Waals surface area contributed by atoms with Gasteiger partial charge in [0.2, 0.25) is 0 Å². The highest BCUT2D eigenvalue weighted by atomic mass is 35.5. The minimum absolute atomic E-state index is 0. The molecule has 0 saturated heterocycles. The average molecular weight is 368 g/mol. The third-order valence-corrected chi connectivity index (χ3v) is 5.50. The molecule has 1 aliphatic rings. The molecule has 7 nitrogen and oxygen atoms in total. The van der Waals surface area contributed by atoms with E-state index in [-0.39, 0.29) is 24.9 Å². The van der Waals surface area contributed by atoms with Gasteiger partial charge in [0.1, 0.15) is 5.82 Å². The Balaban J connectivity index is 0.00000264. The second kappa shape index (κ2) is 8.00. The van der Waals surface area contributed by atoms with Gasteiger partial charge in [0.15, 0.2) is 4.90 Å². The molecule has 10 heteroatoms. The van der Waals surface area contributed by atoms with Gasteiger partial charge in [-0.25, -0.2) is 17.5 Å². The molecule has 1 unspecified atom stereocenters. The zero-order chi connectivity index (χ0) is 16.3. The number of nitro benzene ring substituents is 1. The fraction of sp³-hybridized carbons (Fsp3) is 0.538. The van der Waals surface area contributed by atoms with Crippen molar-refractivity contribution in [1.29, 1.82) is 0 Å². The lowest BCUT2D eigenvalue weighted by Gasteiger charge is -2.23.